The first-order valence-corrected chi connectivity index (χ1v) is 7.05. The first-order valence-electron chi connectivity index (χ1n) is 7.05. The molecule has 1 atom stereocenters. The highest BCUT2D eigenvalue weighted by Crippen LogP contribution is 2.31. The van der Waals surface area contributed by atoms with Crippen molar-refractivity contribution in [3.05, 3.63) is 0 Å². The Morgan fingerprint density at radius 2 is 1.75 bits per heavy atom. The molecule has 0 aromatic heterocycles. The van der Waals surface area contributed by atoms with Crippen LogP contribution in [0, 0.1) is 0 Å². The molecule has 0 aromatic carbocycles. The van der Waals surface area contributed by atoms with Gasteiger partial charge in [-0.15, -0.1) is 0 Å². The number of nitrogens with two attached hydrogens (primary N) is 1. The Kier molecular flexibility index (Phi) is 5.39. The first kappa shape index (κ1) is 16.8. The third-order valence-corrected chi connectivity index (χ3v) is 3.55. The molecule has 20 heavy (non-hydrogen) atoms. The lowest BCUT2D eigenvalue weighted by atomic mass is 9.76. The number of amides is 1. The zero-order valence-electron chi connectivity index (χ0n) is 12.8. The molecule has 0 heterocycles. The van der Waals surface area contributed by atoms with Gasteiger partial charge in [-0.25, -0.2) is 4.79 Å². The fourth-order valence-corrected chi connectivity index (χ4v) is 2.56. The molecule has 116 valence electrons. The van der Waals surface area contributed by atoms with E-state index in [0.29, 0.717) is 12.8 Å². The third kappa shape index (κ3) is 4.37. The van der Waals surface area contributed by atoms with Gasteiger partial charge in [0, 0.05) is 0 Å². The van der Waals surface area contributed by atoms with Crippen molar-refractivity contribution in [1.29, 1.82) is 0 Å². The summed E-state index contributed by atoms with van der Waals surface area (Å²) < 4.78 is 9.99. The largest absolute Gasteiger partial charge is 0.468 e. The number of methoxy groups -OCH3 is 1. The number of nitrogens with one attached hydrogen (secondary N) is 1. The van der Waals surface area contributed by atoms with E-state index in [1.54, 1.807) is 20.8 Å². The van der Waals surface area contributed by atoms with Gasteiger partial charge in [0.1, 0.15) is 11.6 Å². The summed E-state index contributed by atoms with van der Waals surface area (Å²) in [4.78, 5) is 23.8. The second-order valence-corrected chi connectivity index (χ2v) is 6.34. The zero-order valence-corrected chi connectivity index (χ0v) is 12.8. The van der Waals surface area contributed by atoms with Gasteiger partial charge in [0.2, 0.25) is 0 Å². The van der Waals surface area contributed by atoms with E-state index in [0.717, 1.165) is 19.3 Å². The van der Waals surface area contributed by atoms with Gasteiger partial charge in [-0.2, -0.15) is 0 Å². The zero-order chi connectivity index (χ0) is 15.4. The molecule has 0 spiro atoms. The maximum Gasteiger partial charge on any atom is 0.408 e. The van der Waals surface area contributed by atoms with Gasteiger partial charge in [0.15, 0.2) is 0 Å². The van der Waals surface area contributed by atoms with Crippen molar-refractivity contribution >= 4 is 12.1 Å². The molecule has 1 unspecified atom stereocenters. The third-order valence-electron chi connectivity index (χ3n) is 3.55. The molecular weight excluding hydrogens is 260 g/mol. The van der Waals surface area contributed by atoms with Crippen molar-refractivity contribution < 1.29 is 19.1 Å². The molecule has 0 aliphatic heterocycles. The monoisotopic (exact) mass is 286 g/mol. The smallest absolute Gasteiger partial charge is 0.408 e. The standard InChI is InChI=1S/C14H26N2O4/c1-13(2,3)20-12(18)16-14(8-6-5-7-9-14)10(15)11(17)19-4/h10H,5-9,15H2,1-4H3,(H,16,18). The molecule has 1 fully saturated rings. The molecule has 1 amide bonds. The van der Waals surface area contributed by atoms with E-state index < -0.39 is 29.2 Å². The fourth-order valence-electron chi connectivity index (χ4n) is 2.56. The Morgan fingerprint density at radius 1 is 1.20 bits per heavy atom. The summed E-state index contributed by atoms with van der Waals surface area (Å²) in [7, 11) is 1.30. The Bertz CT molecular complexity index is 357. The lowest BCUT2D eigenvalue weighted by molar-refractivity contribution is -0.144. The molecule has 6 heteroatoms. The van der Waals surface area contributed by atoms with Crippen LogP contribution in [0.15, 0.2) is 0 Å². The summed E-state index contributed by atoms with van der Waals surface area (Å²) in [6.07, 6.45) is 3.68. The summed E-state index contributed by atoms with van der Waals surface area (Å²) in [6.45, 7) is 5.38. The molecule has 0 radical (unpaired) electrons. The minimum Gasteiger partial charge on any atom is -0.468 e. The van der Waals surface area contributed by atoms with E-state index in [2.05, 4.69) is 5.32 Å². The second kappa shape index (κ2) is 6.43. The van der Waals surface area contributed by atoms with Gasteiger partial charge < -0.3 is 20.5 Å². The average Bonchev–Trinajstić information content (AvgIpc) is 2.35. The van der Waals surface area contributed by atoms with Gasteiger partial charge in [-0.1, -0.05) is 19.3 Å². The molecule has 3 N–H and O–H groups in total. The Morgan fingerprint density at radius 3 is 2.20 bits per heavy atom. The van der Waals surface area contributed by atoms with E-state index in [-0.39, 0.29) is 0 Å². The first-order chi connectivity index (χ1) is 9.20. The summed E-state index contributed by atoms with van der Waals surface area (Å²) in [5.41, 5.74) is 4.65. The van der Waals surface area contributed by atoms with Gasteiger partial charge in [0.25, 0.3) is 0 Å². The lowest BCUT2D eigenvalue weighted by Gasteiger charge is -2.41. The van der Waals surface area contributed by atoms with Gasteiger partial charge >= 0.3 is 12.1 Å². The number of carbonyl (C=O) groups excluding carboxylic acids is 2. The summed E-state index contributed by atoms with van der Waals surface area (Å²) in [5, 5.41) is 2.82. The van der Waals surface area contributed by atoms with E-state index >= 15 is 0 Å². The number of hydrogen-bond acceptors (Lipinski definition) is 5. The van der Waals surface area contributed by atoms with Gasteiger partial charge in [-0.05, 0) is 33.6 Å². The highest BCUT2D eigenvalue weighted by molar-refractivity contribution is 5.79. The minimum absolute atomic E-state index is 0.511. The second-order valence-electron chi connectivity index (χ2n) is 6.34. The van der Waals surface area contributed by atoms with Gasteiger partial charge in [0.05, 0.1) is 12.6 Å². The van der Waals surface area contributed by atoms with Crippen molar-refractivity contribution in [2.45, 2.75) is 70.1 Å². The van der Waals surface area contributed by atoms with E-state index in [9.17, 15) is 9.59 Å². The van der Waals surface area contributed by atoms with Crippen molar-refractivity contribution in [2.24, 2.45) is 5.73 Å². The highest BCUT2D eigenvalue weighted by atomic mass is 16.6. The van der Waals surface area contributed by atoms with Crippen LogP contribution in [0.2, 0.25) is 0 Å². The van der Waals surface area contributed by atoms with Crippen molar-refractivity contribution in [3.63, 3.8) is 0 Å². The molecule has 0 aromatic rings. The highest BCUT2D eigenvalue weighted by Gasteiger charge is 2.44. The molecule has 6 nitrogen and oxygen atoms in total. The van der Waals surface area contributed by atoms with Crippen LogP contribution in [0.5, 0.6) is 0 Å². The van der Waals surface area contributed by atoms with Crippen LogP contribution in [-0.2, 0) is 14.3 Å². The van der Waals surface area contributed by atoms with Crippen LogP contribution in [0.25, 0.3) is 0 Å². The van der Waals surface area contributed by atoms with Crippen LogP contribution in [-0.4, -0.2) is 36.4 Å². The predicted octanol–water partition coefficient (Wildman–Crippen LogP) is 1.71. The van der Waals surface area contributed by atoms with Crippen LogP contribution >= 0.6 is 0 Å². The SMILES string of the molecule is COC(=O)C(N)C1(NC(=O)OC(C)(C)C)CCCCC1. The lowest BCUT2D eigenvalue weighted by Crippen LogP contribution is -2.64. The van der Waals surface area contributed by atoms with E-state index in [1.165, 1.54) is 7.11 Å². The molecule has 0 bridgehead atoms. The molecular formula is C14H26N2O4. The van der Waals surface area contributed by atoms with Gasteiger partial charge in [-0.3, -0.25) is 4.79 Å². The quantitative estimate of drug-likeness (QED) is 0.771. The van der Waals surface area contributed by atoms with Crippen LogP contribution in [0.1, 0.15) is 52.9 Å². The summed E-state index contributed by atoms with van der Waals surface area (Å²) in [6, 6.07) is -0.875. The van der Waals surface area contributed by atoms with Crippen molar-refractivity contribution in [1.82, 2.24) is 5.32 Å². The van der Waals surface area contributed by atoms with E-state index in [4.69, 9.17) is 15.2 Å². The number of ether oxygens (including phenoxy) is 2. The Balaban J connectivity index is 2.83. The van der Waals surface area contributed by atoms with E-state index in [1.807, 2.05) is 0 Å². The number of carbonyl (C=O) groups is 2. The maximum atomic E-state index is 12.0. The van der Waals surface area contributed by atoms with Crippen molar-refractivity contribution in [2.75, 3.05) is 7.11 Å². The van der Waals surface area contributed by atoms with Crippen molar-refractivity contribution in [3.8, 4) is 0 Å². The maximum absolute atomic E-state index is 12.0. The Labute approximate surface area is 120 Å². The number of hydrogen-bond donors (Lipinski definition) is 2. The summed E-state index contributed by atoms with van der Waals surface area (Å²) in [5.74, 6) is -0.511. The number of esters is 1. The normalized spacial score (nSPS) is 19.9. The molecule has 1 aliphatic rings. The Hall–Kier alpha value is -1.30. The van der Waals surface area contributed by atoms with Crippen LogP contribution < -0.4 is 11.1 Å². The molecule has 1 rings (SSSR count). The summed E-state index contributed by atoms with van der Waals surface area (Å²) >= 11 is 0. The fraction of sp³-hybridized carbons (Fsp3) is 0.857. The molecule has 1 aliphatic carbocycles. The minimum atomic E-state index is -0.875. The molecule has 1 saturated carbocycles. The van der Waals surface area contributed by atoms with Crippen LogP contribution in [0.3, 0.4) is 0 Å². The average molecular weight is 286 g/mol. The predicted molar refractivity (Wildman–Crippen MR) is 75.2 cm³/mol. The number of rotatable bonds is 3. The van der Waals surface area contributed by atoms with Crippen LogP contribution in [0.4, 0.5) is 4.79 Å². The number of alkyl carbamates (subject to hydrolysis) is 1. The topological polar surface area (TPSA) is 90.6 Å². The molecule has 0 saturated heterocycles.